The van der Waals surface area contributed by atoms with E-state index in [0.717, 1.165) is 24.0 Å². The van der Waals surface area contributed by atoms with Gasteiger partial charge in [0.15, 0.2) is 5.75 Å². The number of amides is 1. The summed E-state index contributed by atoms with van der Waals surface area (Å²) in [6, 6.07) is 13.5. The molecule has 0 aliphatic heterocycles. The number of carbonyl (C=O) groups is 1. The van der Waals surface area contributed by atoms with Crippen LogP contribution in [0.4, 0.5) is 14.9 Å². The van der Waals surface area contributed by atoms with Crippen LogP contribution in [0.15, 0.2) is 60.9 Å². The van der Waals surface area contributed by atoms with E-state index in [4.69, 9.17) is 4.74 Å². The highest BCUT2D eigenvalue weighted by molar-refractivity contribution is 5.92. The minimum atomic E-state index is -0.554. The minimum absolute atomic E-state index is 0.321. The molecule has 4 nitrogen and oxygen atoms in total. The van der Waals surface area contributed by atoms with Crippen LogP contribution in [0.25, 0.3) is 11.1 Å². The lowest BCUT2D eigenvalue weighted by molar-refractivity contribution is 0.215. The van der Waals surface area contributed by atoms with Crippen molar-refractivity contribution in [3.63, 3.8) is 0 Å². The number of aromatic nitrogens is 1. The first-order valence-corrected chi connectivity index (χ1v) is 8.60. The van der Waals surface area contributed by atoms with Crippen LogP contribution < -0.4 is 10.1 Å². The molecule has 1 N–H and O–H groups in total. The van der Waals surface area contributed by atoms with Crippen LogP contribution in [-0.2, 0) is 7.05 Å². The first-order valence-electron chi connectivity index (χ1n) is 8.60. The summed E-state index contributed by atoms with van der Waals surface area (Å²) in [6.45, 7) is 0. The average molecular weight is 350 g/mol. The first kappa shape index (κ1) is 16.4. The van der Waals surface area contributed by atoms with Crippen LogP contribution in [0.1, 0.15) is 24.3 Å². The van der Waals surface area contributed by atoms with Crippen molar-refractivity contribution in [3.8, 4) is 16.9 Å². The molecule has 5 heteroatoms. The number of carbonyl (C=O) groups excluding carboxylic acids is 1. The Bertz CT molecular complexity index is 960. The lowest BCUT2D eigenvalue weighted by Crippen LogP contribution is -2.17. The summed E-state index contributed by atoms with van der Waals surface area (Å²) in [5.74, 6) is 0.757. The fourth-order valence-electron chi connectivity index (χ4n) is 3.10. The monoisotopic (exact) mass is 350 g/mol. The summed E-state index contributed by atoms with van der Waals surface area (Å²) in [5.41, 5.74) is 3.08. The summed E-state index contributed by atoms with van der Waals surface area (Å²) in [5, 5.41) is 2.78. The highest BCUT2D eigenvalue weighted by Crippen LogP contribution is 2.44. The summed E-state index contributed by atoms with van der Waals surface area (Å²) in [7, 11) is 1.91. The van der Waals surface area contributed by atoms with Crippen LogP contribution in [0.3, 0.4) is 0 Å². The third-order valence-electron chi connectivity index (χ3n) is 4.47. The van der Waals surface area contributed by atoms with Gasteiger partial charge in [0.2, 0.25) is 0 Å². The normalized spacial score (nSPS) is 13.5. The van der Waals surface area contributed by atoms with Crippen molar-refractivity contribution < 1.29 is 13.9 Å². The summed E-state index contributed by atoms with van der Waals surface area (Å²) in [6.07, 6.45) is 5.52. The molecular weight excluding hydrogens is 331 g/mol. The molecule has 1 fully saturated rings. The molecule has 1 heterocycles. The molecule has 26 heavy (non-hydrogen) atoms. The van der Waals surface area contributed by atoms with E-state index in [9.17, 15) is 9.18 Å². The van der Waals surface area contributed by atoms with Gasteiger partial charge in [-0.25, -0.2) is 9.18 Å². The molecule has 3 aromatic rings. The van der Waals surface area contributed by atoms with Crippen LogP contribution in [-0.4, -0.2) is 10.7 Å². The van der Waals surface area contributed by atoms with E-state index in [1.54, 1.807) is 18.2 Å². The number of anilines is 1. The Morgan fingerprint density at radius 1 is 1.15 bits per heavy atom. The maximum Gasteiger partial charge on any atom is 0.417 e. The largest absolute Gasteiger partial charge is 0.417 e. The van der Waals surface area contributed by atoms with E-state index in [0.29, 0.717) is 22.9 Å². The highest BCUT2D eigenvalue weighted by Gasteiger charge is 2.29. The van der Waals surface area contributed by atoms with Gasteiger partial charge in [-0.15, -0.1) is 0 Å². The molecule has 1 amide bonds. The Morgan fingerprint density at radius 2 is 1.96 bits per heavy atom. The van der Waals surface area contributed by atoms with E-state index in [-0.39, 0.29) is 5.82 Å². The molecule has 1 aliphatic rings. The second-order valence-corrected chi connectivity index (χ2v) is 6.59. The molecule has 0 bridgehead atoms. The number of nitrogens with one attached hydrogen (secondary N) is 1. The van der Waals surface area contributed by atoms with Gasteiger partial charge in [-0.1, -0.05) is 30.3 Å². The van der Waals surface area contributed by atoms with Gasteiger partial charge in [0.25, 0.3) is 0 Å². The van der Waals surface area contributed by atoms with Gasteiger partial charge in [0.1, 0.15) is 5.82 Å². The molecular formula is C21H19FN2O2. The van der Waals surface area contributed by atoms with Crippen molar-refractivity contribution in [2.75, 3.05) is 5.32 Å². The standard InChI is InChI=1S/C21H19FN2O2/c1-24-12-18(14-9-10-14)20(13-24)26-21(25)23-19-8-3-2-7-17(19)15-5-4-6-16(22)11-15/h2-8,11-14H,9-10H2,1H3,(H,23,25). The topological polar surface area (TPSA) is 43.3 Å². The molecule has 0 unspecified atom stereocenters. The van der Waals surface area contributed by atoms with Crippen molar-refractivity contribution in [1.29, 1.82) is 0 Å². The van der Waals surface area contributed by atoms with E-state index in [1.807, 2.05) is 42.2 Å². The maximum absolute atomic E-state index is 13.5. The predicted molar refractivity (Wildman–Crippen MR) is 98.9 cm³/mol. The van der Waals surface area contributed by atoms with E-state index in [1.165, 1.54) is 12.1 Å². The summed E-state index contributed by atoms with van der Waals surface area (Å²) in [4.78, 5) is 12.4. The number of ether oxygens (including phenoxy) is 1. The van der Waals surface area contributed by atoms with Gasteiger partial charge in [0.05, 0.1) is 5.69 Å². The van der Waals surface area contributed by atoms with Crippen molar-refractivity contribution in [2.24, 2.45) is 7.05 Å². The molecule has 2 aromatic carbocycles. The molecule has 0 atom stereocenters. The van der Waals surface area contributed by atoms with Crippen molar-refractivity contribution >= 4 is 11.8 Å². The Balaban J connectivity index is 1.55. The highest BCUT2D eigenvalue weighted by atomic mass is 19.1. The molecule has 0 spiro atoms. The SMILES string of the molecule is Cn1cc(OC(=O)Nc2ccccc2-c2cccc(F)c2)c(C2CC2)c1. The summed E-state index contributed by atoms with van der Waals surface area (Å²) >= 11 is 0. The van der Waals surface area contributed by atoms with Gasteiger partial charge in [0, 0.05) is 30.6 Å². The van der Waals surface area contributed by atoms with Gasteiger partial charge in [-0.2, -0.15) is 0 Å². The molecule has 1 aliphatic carbocycles. The van der Waals surface area contributed by atoms with Gasteiger partial charge in [-0.05, 0) is 42.5 Å². The van der Waals surface area contributed by atoms with Gasteiger partial charge in [-0.3, -0.25) is 5.32 Å². The lowest BCUT2D eigenvalue weighted by atomic mass is 10.0. The number of rotatable bonds is 4. The zero-order valence-electron chi connectivity index (χ0n) is 14.4. The number of para-hydroxylation sites is 1. The number of hydrogen-bond acceptors (Lipinski definition) is 2. The van der Waals surface area contributed by atoms with E-state index < -0.39 is 6.09 Å². The van der Waals surface area contributed by atoms with Crippen LogP contribution in [0, 0.1) is 5.82 Å². The lowest BCUT2D eigenvalue weighted by Gasteiger charge is -2.12. The zero-order valence-corrected chi connectivity index (χ0v) is 14.4. The average Bonchev–Trinajstić information content (AvgIpc) is 3.39. The van der Waals surface area contributed by atoms with E-state index in [2.05, 4.69) is 5.32 Å². The Kier molecular flexibility index (Phi) is 4.21. The number of halogens is 1. The van der Waals surface area contributed by atoms with Crippen LogP contribution in [0.5, 0.6) is 5.75 Å². The number of nitrogens with zero attached hydrogens (tertiary/aromatic N) is 1. The van der Waals surface area contributed by atoms with Crippen molar-refractivity contribution in [3.05, 3.63) is 72.3 Å². The summed E-state index contributed by atoms with van der Waals surface area (Å²) < 4.78 is 21.0. The second kappa shape index (κ2) is 6.67. The zero-order chi connectivity index (χ0) is 18.1. The van der Waals surface area contributed by atoms with Crippen LogP contribution in [0.2, 0.25) is 0 Å². The Hall–Kier alpha value is -3.08. The third kappa shape index (κ3) is 3.47. The molecule has 0 radical (unpaired) electrons. The fraction of sp³-hybridized carbons (Fsp3) is 0.190. The Labute approximate surface area is 151 Å². The van der Waals surface area contributed by atoms with Crippen molar-refractivity contribution in [2.45, 2.75) is 18.8 Å². The van der Waals surface area contributed by atoms with Gasteiger partial charge >= 0.3 is 6.09 Å². The number of benzene rings is 2. The number of aryl methyl sites for hydroxylation is 1. The van der Waals surface area contributed by atoms with E-state index >= 15 is 0 Å². The van der Waals surface area contributed by atoms with Gasteiger partial charge < -0.3 is 9.30 Å². The minimum Gasteiger partial charge on any atom is -0.408 e. The van der Waals surface area contributed by atoms with Crippen molar-refractivity contribution in [1.82, 2.24) is 4.57 Å². The first-order chi connectivity index (χ1) is 12.6. The molecule has 0 saturated heterocycles. The smallest absolute Gasteiger partial charge is 0.408 e. The fourth-order valence-corrected chi connectivity index (χ4v) is 3.10. The molecule has 1 aromatic heterocycles. The second-order valence-electron chi connectivity index (χ2n) is 6.59. The molecule has 1 saturated carbocycles. The van der Waals surface area contributed by atoms with Crippen LogP contribution >= 0.6 is 0 Å². The predicted octanol–water partition coefficient (Wildman–Crippen LogP) is 5.32. The molecule has 132 valence electrons. The maximum atomic E-state index is 13.5. The Morgan fingerprint density at radius 3 is 2.73 bits per heavy atom. The molecule has 4 rings (SSSR count). The third-order valence-corrected chi connectivity index (χ3v) is 4.47. The quantitative estimate of drug-likeness (QED) is 0.692. The number of hydrogen-bond donors (Lipinski definition) is 1.